The Labute approximate surface area is 87.7 Å². The van der Waals surface area contributed by atoms with Gasteiger partial charge >= 0.3 is 0 Å². The van der Waals surface area contributed by atoms with E-state index in [0.29, 0.717) is 5.92 Å². The number of methoxy groups -OCH3 is 1. The van der Waals surface area contributed by atoms with Gasteiger partial charge in [-0.1, -0.05) is 6.07 Å². The lowest BCUT2D eigenvalue weighted by molar-refractivity contribution is 0.418. The van der Waals surface area contributed by atoms with Crippen LogP contribution in [0.2, 0.25) is 0 Å². The summed E-state index contributed by atoms with van der Waals surface area (Å²) in [6.45, 7) is 2.03. The summed E-state index contributed by atoms with van der Waals surface area (Å²) >= 11 is 0. The number of hydrogen-bond donors (Lipinski definition) is 2. The quantitative estimate of drug-likeness (QED) is 0.772. The molecule has 0 saturated carbocycles. The number of benzene rings is 1. The molecule has 0 unspecified atom stereocenters. The minimum Gasteiger partial charge on any atom is -0.494 e. The number of para-hydroxylation sites is 1. The van der Waals surface area contributed by atoms with Crippen molar-refractivity contribution in [3.63, 3.8) is 0 Å². The summed E-state index contributed by atoms with van der Waals surface area (Å²) in [5.41, 5.74) is 1.98. The van der Waals surface area contributed by atoms with Gasteiger partial charge in [-0.25, -0.2) is 4.98 Å². The zero-order valence-corrected chi connectivity index (χ0v) is 8.58. The van der Waals surface area contributed by atoms with E-state index in [1.165, 1.54) is 0 Å². The fourth-order valence-electron chi connectivity index (χ4n) is 1.86. The molecular formula is C11H13N3O. The number of H-pyrrole nitrogens is 1. The average Bonchev–Trinajstić information content (AvgIpc) is 2.57. The van der Waals surface area contributed by atoms with E-state index in [1.54, 1.807) is 7.11 Å². The summed E-state index contributed by atoms with van der Waals surface area (Å²) in [6, 6.07) is 5.94. The maximum Gasteiger partial charge on any atom is 0.146 e. The first kappa shape index (κ1) is 8.73. The molecule has 1 aliphatic rings. The van der Waals surface area contributed by atoms with Gasteiger partial charge in [-0.15, -0.1) is 0 Å². The third kappa shape index (κ3) is 1.29. The van der Waals surface area contributed by atoms with Gasteiger partial charge in [0.15, 0.2) is 0 Å². The second kappa shape index (κ2) is 3.24. The van der Waals surface area contributed by atoms with Crippen molar-refractivity contribution in [2.24, 2.45) is 0 Å². The van der Waals surface area contributed by atoms with E-state index >= 15 is 0 Å². The molecule has 0 spiro atoms. The monoisotopic (exact) mass is 203 g/mol. The number of aromatic amines is 1. The normalized spacial score (nSPS) is 16.6. The maximum absolute atomic E-state index is 5.27. The Morgan fingerprint density at radius 3 is 2.93 bits per heavy atom. The van der Waals surface area contributed by atoms with Crippen LogP contribution in [0.1, 0.15) is 11.7 Å². The first-order chi connectivity index (χ1) is 7.38. The molecule has 2 heterocycles. The Hall–Kier alpha value is -1.55. The molecule has 0 bridgehead atoms. The largest absolute Gasteiger partial charge is 0.494 e. The molecule has 78 valence electrons. The smallest absolute Gasteiger partial charge is 0.146 e. The van der Waals surface area contributed by atoms with Crippen LogP contribution < -0.4 is 10.1 Å². The lowest BCUT2D eigenvalue weighted by atomic mass is 10.0. The zero-order chi connectivity index (χ0) is 10.3. The number of nitrogens with one attached hydrogen (secondary N) is 2. The highest BCUT2D eigenvalue weighted by atomic mass is 16.5. The van der Waals surface area contributed by atoms with Gasteiger partial charge in [0.25, 0.3) is 0 Å². The van der Waals surface area contributed by atoms with Crippen LogP contribution in [0.5, 0.6) is 5.75 Å². The highest BCUT2D eigenvalue weighted by molar-refractivity contribution is 5.81. The standard InChI is InChI=1S/C11H13N3O/c1-15-9-4-2-3-8-10(9)14-11(13-8)7-5-12-6-7/h2-4,7,12H,5-6H2,1H3,(H,13,14). The third-order valence-corrected chi connectivity index (χ3v) is 2.88. The molecule has 0 radical (unpaired) electrons. The molecule has 1 aromatic heterocycles. The topological polar surface area (TPSA) is 49.9 Å². The van der Waals surface area contributed by atoms with Crippen molar-refractivity contribution >= 4 is 11.0 Å². The third-order valence-electron chi connectivity index (χ3n) is 2.88. The Morgan fingerprint density at radius 2 is 2.27 bits per heavy atom. The molecule has 4 heteroatoms. The van der Waals surface area contributed by atoms with Crippen molar-refractivity contribution in [2.45, 2.75) is 5.92 Å². The van der Waals surface area contributed by atoms with Crippen molar-refractivity contribution < 1.29 is 4.74 Å². The molecular weight excluding hydrogens is 190 g/mol. The lowest BCUT2D eigenvalue weighted by Crippen LogP contribution is -2.40. The fraction of sp³-hybridized carbons (Fsp3) is 0.364. The zero-order valence-electron chi connectivity index (χ0n) is 8.58. The SMILES string of the molecule is COc1cccc2[nH]c(C3CNC3)nc12. The number of imidazole rings is 1. The predicted molar refractivity (Wildman–Crippen MR) is 58.3 cm³/mol. The summed E-state index contributed by atoms with van der Waals surface area (Å²) < 4.78 is 5.27. The van der Waals surface area contributed by atoms with Gasteiger partial charge in [-0.3, -0.25) is 0 Å². The van der Waals surface area contributed by atoms with E-state index < -0.39 is 0 Å². The van der Waals surface area contributed by atoms with Crippen LogP contribution in [0.4, 0.5) is 0 Å². The second-order valence-electron chi connectivity index (χ2n) is 3.83. The van der Waals surface area contributed by atoms with Crippen molar-refractivity contribution in [1.82, 2.24) is 15.3 Å². The number of fused-ring (bicyclic) bond motifs is 1. The van der Waals surface area contributed by atoms with Crippen LogP contribution >= 0.6 is 0 Å². The summed E-state index contributed by atoms with van der Waals surface area (Å²) in [6.07, 6.45) is 0. The van der Waals surface area contributed by atoms with Gasteiger partial charge in [0.1, 0.15) is 17.1 Å². The average molecular weight is 203 g/mol. The second-order valence-corrected chi connectivity index (χ2v) is 3.83. The Morgan fingerprint density at radius 1 is 1.40 bits per heavy atom. The van der Waals surface area contributed by atoms with Crippen LogP contribution in [-0.2, 0) is 0 Å². The number of nitrogens with zero attached hydrogens (tertiary/aromatic N) is 1. The lowest BCUT2D eigenvalue weighted by Gasteiger charge is -2.24. The fourth-order valence-corrected chi connectivity index (χ4v) is 1.86. The molecule has 0 atom stereocenters. The van der Waals surface area contributed by atoms with Crippen LogP contribution in [0.25, 0.3) is 11.0 Å². The molecule has 0 aliphatic carbocycles. The van der Waals surface area contributed by atoms with E-state index in [0.717, 1.165) is 35.7 Å². The van der Waals surface area contributed by atoms with Gasteiger partial charge in [0.05, 0.1) is 12.6 Å². The van der Waals surface area contributed by atoms with Crippen LogP contribution in [0.3, 0.4) is 0 Å². The molecule has 4 nitrogen and oxygen atoms in total. The van der Waals surface area contributed by atoms with Crippen LogP contribution in [0, 0.1) is 0 Å². The molecule has 2 aromatic rings. The summed E-state index contributed by atoms with van der Waals surface area (Å²) in [5, 5.41) is 3.24. The molecule has 15 heavy (non-hydrogen) atoms. The number of ether oxygens (including phenoxy) is 1. The van der Waals surface area contributed by atoms with E-state index in [2.05, 4.69) is 15.3 Å². The molecule has 0 amide bonds. The van der Waals surface area contributed by atoms with Crippen molar-refractivity contribution in [3.05, 3.63) is 24.0 Å². The van der Waals surface area contributed by atoms with Gasteiger partial charge < -0.3 is 15.0 Å². The number of hydrogen-bond acceptors (Lipinski definition) is 3. The van der Waals surface area contributed by atoms with Crippen molar-refractivity contribution in [1.29, 1.82) is 0 Å². The highest BCUT2D eigenvalue weighted by Crippen LogP contribution is 2.26. The predicted octanol–water partition coefficient (Wildman–Crippen LogP) is 1.26. The minimum atomic E-state index is 0.530. The van der Waals surface area contributed by atoms with Gasteiger partial charge in [-0.2, -0.15) is 0 Å². The van der Waals surface area contributed by atoms with Gasteiger partial charge in [-0.05, 0) is 12.1 Å². The maximum atomic E-state index is 5.27. The van der Waals surface area contributed by atoms with E-state index in [9.17, 15) is 0 Å². The van der Waals surface area contributed by atoms with Crippen molar-refractivity contribution in [3.8, 4) is 5.75 Å². The van der Waals surface area contributed by atoms with E-state index in [4.69, 9.17) is 4.74 Å². The number of rotatable bonds is 2. The molecule has 1 saturated heterocycles. The van der Waals surface area contributed by atoms with Crippen LogP contribution in [0.15, 0.2) is 18.2 Å². The Balaban J connectivity index is 2.12. The highest BCUT2D eigenvalue weighted by Gasteiger charge is 2.22. The number of aromatic nitrogens is 2. The summed E-state index contributed by atoms with van der Waals surface area (Å²) in [4.78, 5) is 7.93. The first-order valence-corrected chi connectivity index (χ1v) is 5.12. The van der Waals surface area contributed by atoms with E-state index in [1.807, 2.05) is 18.2 Å². The van der Waals surface area contributed by atoms with Gasteiger partial charge in [0, 0.05) is 19.0 Å². The Kier molecular flexibility index (Phi) is 1.89. The van der Waals surface area contributed by atoms with Crippen molar-refractivity contribution in [2.75, 3.05) is 20.2 Å². The molecule has 2 N–H and O–H groups in total. The van der Waals surface area contributed by atoms with E-state index in [-0.39, 0.29) is 0 Å². The molecule has 3 rings (SSSR count). The van der Waals surface area contributed by atoms with Crippen LogP contribution in [-0.4, -0.2) is 30.2 Å². The minimum absolute atomic E-state index is 0.530. The summed E-state index contributed by atoms with van der Waals surface area (Å²) in [7, 11) is 1.67. The first-order valence-electron chi connectivity index (χ1n) is 5.12. The summed E-state index contributed by atoms with van der Waals surface area (Å²) in [5.74, 6) is 2.43. The molecule has 1 aliphatic heterocycles. The molecule has 1 aromatic carbocycles. The van der Waals surface area contributed by atoms with Gasteiger partial charge in [0.2, 0.25) is 0 Å². The Bertz CT molecular complexity index is 488. The molecule has 1 fully saturated rings.